The highest BCUT2D eigenvalue weighted by atomic mass is 19.1. The fraction of sp³-hybridized carbons (Fsp3) is 0.136. The first-order valence-corrected chi connectivity index (χ1v) is 9.06. The van der Waals surface area contributed by atoms with Crippen molar-refractivity contribution in [2.75, 3.05) is 29.5 Å². The highest BCUT2D eigenvalue weighted by molar-refractivity contribution is 6.06. The van der Waals surface area contributed by atoms with Crippen LogP contribution in [0.15, 0.2) is 66.7 Å². The predicted octanol–water partition coefficient (Wildman–Crippen LogP) is 3.09. The van der Waals surface area contributed by atoms with Gasteiger partial charge in [0.15, 0.2) is 0 Å². The summed E-state index contributed by atoms with van der Waals surface area (Å²) >= 11 is 0. The van der Waals surface area contributed by atoms with E-state index in [-0.39, 0.29) is 24.9 Å². The highest BCUT2D eigenvalue weighted by Gasteiger charge is 2.10. The average Bonchev–Trinajstić information content (AvgIpc) is 2.74. The lowest BCUT2D eigenvalue weighted by atomic mass is 10.0. The average molecular weight is 395 g/mol. The quantitative estimate of drug-likeness (QED) is 0.395. The Morgan fingerprint density at radius 2 is 1.66 bits per heavy atom. The first-order chi connectivity index (χ1) is 14.0. The number of rotatable bonds is 7. The lowest BCUT2D eigenvalue weighted by Crippen LogP contribution is -2.22. The molecule has 29 heavy (non-hydrogen) atoms. The lowest BCUT2D eigenvalue weighted by molar-refractivity contribution is 0.102. The van der Waals surface area contributed by atoms with Crippen LogP contribution in [0.2, 0.25) is 0 Å². The number of hydrogen-bond donors (Lipinski definition) is 5. The third-order valence-electron chi connectivity index (χ3n) is 4.38. The molecular formula is C22H22FN3O3. The smallest absolute Gasteiger partial charge is 0.255 e. The highest BCUT2D eigenvalue weighted by Crippen LogP contribution is 2.28. The molecule has 0 saturated heterocycles. The number of hydrogen-bond acceptors (Lipinski definition) is 5. The van der Waals surface area contributed by atoms with Gasteiger partial charge in [-0.05, 0) is 59.7 Å². The second-order valence-corrected chi connectivity index (χ2v) is 6.56. The zero-order chi connectivity index (χ0) is 20.8. The third kappa shape index (κ3) is 5.31. The number of aliphatic hydroxyl groups excluding tert-OH is 2. The number of nitrogens with one attached hydrogen (secondary N) is 2. The standard InChI is InChI=1S/C22H22FN3O3/c23-17-6-1-14(2-7-17)16-5-10-20(24)21(11-16)26-22(29)15-3-8-18(9-4-15)25-12-19(28)13-27/h1-11,19,25,27-28H,12-13,24H2,(H,26,29). The van der Waals surface area contributed by atoms with Gasteiger partial charge in [0.1, 0.15) is 5.82 Å². The van der Waals surface area contributed by atoms with Crippen LogP contribution in [0.1, 0.15) is 10.4 Å². The van der Waals surface area contributed by atoms with E-state index in [1.807, 2.05) is 0 Å². The number of nitrogen functional groups attached to an aromatic ring is 1. The van der Waals surface area contributed by atoms with Crippen molar-refractivity contribution < 1.29 is 19.4 Å². The number of carbonyl (C=O) groups is 1. The molecular weight excluding hydrogens is 373 g/mol. The maximum atomic E-state index is 13.1. The predicted molar refractivity (Wildman–Crippen MR) is 112 cm³/mol. The molecule has 6 nitrogen and oxygen atoms in total. The molecule has 1 amide bonds. The van der Waals surface area contributed by atoms with Crippen LogP contribution in [0.3, 0.4) is 0 Å². The monoisotopic (exact) mass is 395 g/mol. The summed E-state index contributed by atoms with van der Waals surface area (Å²) in [4.78, 5) is 12.6. The van der Waals surface area contributed by atoms with E-state index in [1.165, 1.54) is 12.1 Å². The molecule has 0 radical (unpaired) electrons. The maximum Gasteiger partial charge on any atom is 0.255 e. The summed E-state index contributed by atoms with van der Waals surface area (Å²) in [6.07, 6.45) is -0.852. The van der Waals surface area contributed by atoms with Crippen LogP contribution < -0.4 is 16.4 Å². The summed E-state index contributed by atoms with van der Waals surface area (Å²) in [5.41, 5.74) is 9.63. The van der Waals surface area contributed by atoms with E-state index in [2.05, 4.69) is 10.6 Å². The molecule has 7 heteroatoms. The zero-order valence-electron chi connectivity index (χ0n) is 15.6. The summed E-state index contributed by atoms with van der Waals surface area (Å²) in [6, 6.07) is 18.0. The van der Waals surface area contributed by atoms with Gasteiger partial charge in [0.25, 0.3) is 5.91 Å². The third-order valence-corrected chi connectivity index (χ3v) is 4.38. The molecule has 150 valence electrons. The molecule has 0 heterocycles. The van der Waals surface area contributed by atoms with Gasteiger partial charge in [-0.15, -0.1) is 0 Å². The molecule has 0 aliphatic rings. The molecule has 3 aromatic carbocycles. The normalized spacial score (nSPS) is 11.7. The summed E-state index contributed by atoms with van der Waals surface area (Å²) < 4.78 is 13.1. The maximum absolute atomic E-state index is 13.1. The van der Waals surface area contributed by atoms with Crippen molar-refractivity contribution >= 4 is 23.0 Å². The number of benzene rings is 3. The minimum atomic E-state index is -0.852. The Hall–Kier alpha value is -3.42. The van der Waals surface area contributed by atoms with Crippen molar-refractivity contribution in [3.8, 4) is 11.1 Å². The second kappa shape index (κ2) is 9.18. The van der Waals surface area contributed by atoms with Crippen LogP contribution in [-0.2, 0) is 0 Å². The molecule has 0 aliphatic carbocycles. The Balaban J connectivity index is 1.71. The lowest BCUT2D eigenvalue weighted by Gasteiger charge is -2.12. The first kappa shape index (κ1) is 20.3. The van der Waals surface area contributed by atoms with Crippen molar-refractivity contribution in [1.82, 2.24) is 0 Å². The van der Waals surface area contributed by atoms with E-state index < -0.39 is 6.10 Å². The van der Waals surface area contributed by atoms with Crippen LogP contribution in [0.5, 0.6) is 0 Å². The zero-order valence-corrected chi connectivity index (χ0v) is 15.6. The fourth-order valence-corrected chi connectivity index (χ4v) is 2.72. The van der Waals surface area contributed by atoms with Gasteiger partial charge in [-0.2, -0.15) is 0 Å². The Bertz CT molecular complexity index is 976. The summed E-state index contributed by atoms with van der Waals surface area (Å²) in [6.45, 7) is -0.124. The van der Waals surface area contributed by atoms with Crippen LogP contribution in [-0.4, -0.2) is 35.4 Å². The van der Waals surface area contributed by atoms with E-state index in [4.69, 9.17) is 10.8 Å². The molecule has 0 saturated carbocycles. The van der Waals surface area contributed by atoms with Gasteiger partial charge in [-0.1, -0.05) is 18.2 Å². The molecule has 0 aromatic heterocycles. The van der Waals surface area contributed by atoms with Gasteiger partial charge in [-0.3, -0.25) is 4.79 Å². The van der Waals surface area contributed by atoms with Gasteiger partial charge in [0, 0.05) is 17.8 Å². The number of amides is 1. The Kier molecular flexibility index (Phi) is 6.43. The van der Waals surface area contributed by atoms with Gasteiger partial charge < -0.3 is 26.6 Å². The van der Waals surface area contributed by atoms with Gasteiger partial charge in [0.2, 0.25) is 0 Å². The Morgan fingerprint density at radius 3 is 2.31 bits per heavy atom. The number of carbonyl (C=O) groups excluding carboxylic acids is 1. The van der Waals surface area contributed by atoms with E-state index in [1.54, 1.807) is 54.6 Å². The first-order valence-electron chi connectivity index (χ1n) is 9.06. The minimum Gasteiger partial charge on any atom is -0.397 e. The van der Waals surface area contributed by atoms with Crippen molar-refractivity contribution in [2.24, 2.45) is 0 Å². The molecule has 6 N–H and O–H groups in total. The van der Waals surface area contributed by atoms with Crippen LogP contribution >= 0.6 is 0 Å². The summed E-state index contributed by atoms with van der Waals surface area (Å²) in [5, 5.41) is 23.9. The Labute approximate surface area is 167 Å². The largest absolute Gasteiger partial charge is 0.397 e. The SMILES string of the molecule is Nc1ccc(-c2ccc(F)cc2)cc1NC(=O)c1ccc(NCC(O)CO)cc1. The van der Waals surface area contributed by atoms with E-state index in [0.717, 1.165) is 11.1 Å². The van der Waals surface area contributed by atoms with E-state index >= 15 is 0 Å². The number of aliphatic hydroxyl groups is 2. The molecule has 1 atom stereocenters. The molecule has 3 aromatic rings. The number of nitrogens with two attached hydrogens (primary N) is 1. The van der Waals surface area contributed by atoms with Crippen molar-refractivity contribution in [2.45, 2.75) is 6.10 Å². The van der Waals surface area contributed by atoms with Crippen LogP contribution in [0, 0.1) is 5.82 Å². The topological polar surface area (TPSA) is 108 Å². The van der Waals surface area contributed by atoms with Gasteiger partial charge >= 0.3 is 0 Å². The van der Waals surface area contributed by atoms with Crippen LogP contribution in [0.4, 0.5) is 21.5 Å². The van der Waals surface area contributed by atoms with E-state index in [9.17, 15) is 14.3 Å². The van der Waals surface area contributed by atoms with Gasteiger partial charge in [0.05, 0.1) is 24.1 Å². The molecule has 0 fully saturated rings. The minimum absolute atomic E-state index is 0.203. The van der Waals surface area contributed by atoms with E-state index in [0.29, 0.717) is 22.6 Å². The molecule has 3 rings (SSSR count). The number of halogens is 1. The van der Waals surface area contributed by atoms with Crippen molar-refractivity contribution in [3.05, 3.63) is 78.1 Å². The summed E-state index contributed by atoms with van der Waals surface area (Å²) in [7, 11) is 0. The second-order valence-electron chi connectivity index (χ2n) is 6.56. The fourth-order valence-electron chi connectivity index (χ4n) is 2.72. The molecule has 1 unspecified atom stereocenters. The molecule has 0 spiro atoms. The van der Waals surface area contributed by atoms with Crippen LogP contribution in [0.25, 0.3) is 11.1 Å². The van der Waals surface area contributed by atoms with Crippen molar-refractivity contribution in [3.63, 3.8) is 0 Å². The Morgan fingerprint density at radius 1 is 1.00 bits per heavy atom. The number of anilines is 3. The van der Waals surface area contributed by atoms with Crippen molar-refractivity contribution in [1.29, 1.82) is 0 Å². The van der Waals surface area contributed by atoms with Gasteiger partial charge in [-0.25, -0.2) is 4.39 Å². The molecule has 0 bridgehead atoms. The molecule has 0 aliphatic heterocycles. The summed E-state index contributed by atoms with van der Waals surface area (Å²) in [5.74, 6) is -0.642.